The number of anilines is 2. The topological polar surface area (TPSA) is 92.2 Å². The van der Waals surface area contributed by atoms with Crippen molar-refractivity contribution in [1.29, 1.82) is 0 Å². The molecular weight excluding hydrogens is 398 g/mol. The average molecular weight is 428 g/mol. The Balaban J connectivity index is 1.92. The van der Waals surface area contributed by atoms with E-state index in [1.165, 1.54) is 24.3 Å². The van der Waals surface area contributed by atoms with Gasteiger partial charge >= 0.3 is 12.2 Å². The van der Waals surface area contributed by atoms with Gasteiger partial charge in [0.25, 0.3) is 0 Å². The third kappa shape index (κ3) is 5.25. The maximum atomic E-state index is 12.7. The minimum absolute atomic E-state index is 0.131. The van der Waals surface area contributed by atoms with Gasteiger partial charge in [-0.1, -0.05) is 18.2 Å². The molecule has 0 spiro atoms. The number of rotatable bonds is 3. The van der Waals surface area contributed by atoms with Crippen molar-refractivity contribution in [1.82, 2.24) is 9.88 Å². The Morgan fingerprint density at radius 2 is 1.90 bits per heavy atom. The number of hydrogen-bond acceptors (Lipinski definition) is 6. The van der Waals surface area contributed by atoms with E-state index in [2.05, 4.69) is 4.98 Å². The number of aromatic nitrogens is 1. The highest BCUT2D eigenvalue weighted by Crippen LogP contribution is 2.37. The van der Waals surface area contributed by atoms with Gasteiger partial charge in [0.15, 0.2) is 0 Å². The molecule has 1 aromatic carbocycles. The standard InChI is InChI=1S/C23H29N3O5/c1-23(2,3)31-21(28)25-13-9-8-12-18(25)17-14-20(27)19(15-24-17)26(22(29)30-4)16-10-6-5-7-11-16/h5-7,10-11,14-15,18H,8-9,12-13H2,1-4H3,(H,24,27). The van der Waals surface area contributed by atoms with Crippen LogP contribution in [0.1, 0.15) is 51.8 Å². The molecule has 8 nitrogen and oxygen atoms in total. The molecule has 1 fully saturated rings. The first-order chi connectivity index (χ1) is 14.7. The fourth-order valence-corrected chi connectivity index (χ4v) is 3.60. The molecule has 2 aromatic rings. The lowest BCUT2D eigenvalue weighted by Gasteiger charge is -2.36. The summed E-state index contributed by atoms with van der Waals surface area (Å²) in [6.45, 7) is 6.04. The molecule has 1 N–H and O–H groups in total. The number of hydrogen-bond donors (Lipinski definition) is 1. The number of aromatic hydroxyl groups is 1. The van der Waals surface area contributed by atoms with Gasteiger partial charge in [-0.3, -0.25) is 9.88 Å². The van der Waals surface area contributed by atoms with Gasteiger partial charge in [-0.25, -0.2) is 14.5 Å². The molecule has 1 aliphatic heterocycles. The number of para-hydroxylation sites is 1. The van der Waals surface area contributed by atoms with Crippen LogP contribution in [-0.2, 0) is 9.47 Å². The predicted molar refractivity (Wildman–Crippen MR) is 116 cm³/mol. The van der Waals surface area contributed by atoms with Crippen molar-refractivity contribution in [3.8, 4) is 5.75 Å². The highest BCUT2D eigenvalue weighted by molar-refractivity contribution is 5.97. The van der Waals surface area contributed by atoms with Crippen molar-refractivity contribution >= 4 is 23.6 Å². The van der Waals surface area contributed by atoms with E-state index < -0.39 is 17.8 Å². The van der Waals surface area contributed by atoms with Crippen LogP contribution in [0.3, 0.4) is 0 Å². The number of carbonyl (C=O) groups is 2. The van der Waals surface area contributed by atoms with E-state index in [1.54, 1.807) is 29.2 Å². The van der Waals surface area contributed by atoms with Crippen LogP contribution >= 0.6 is 0 Å². The number of nitrogens with zero attached hydrogens (tertiary/aromatic N) is 3. The summed E-state index contributed by atoms with van der Waals surface area (Å²) in [6.07, 6.45) is 2.91. The predicted octanol–water partition coefficient (Wildman–Crippen LogP) is 5.15. The second kappa shape index (κ2) is 9.24. The number of carbonyl (C=O) groups excluding carboxylic acids is 2. The molecule has 0 saturated carbocycles. The zero-order valence-electron chi connectivity index (χ0n) is 18.4. The van der Waals surface area contributed by atoms with Gasteiger partial charge in [-0.05, 0) is 52.2 Å². The van der Waals surface area contributed by atoms with Crippen LogP contribution in [0.2, 0.25) is 0 Å². The van der Waals surface area contributed by atoms with Crippen LogP contribution in [0.5, 0.6) is 5.75 Å². The molecule has 1 unspecified atom stereocenters. The average Bonchev–Trinajstić information content (AvgIpc) is 2.74. The number of benzene rings is 1. The lowest BCUT2D eigenvalue weighted by Crippen LogP contribution is -2.42. The lowest BCUT2D eigenvalue weighted by atomic mass is 9.99. The smallest absolute Gasteiger partial charge is 0.418 e. The molecule has 2 heterocycles. The Kier molecular flexibility index (Phi) is 6.68. The Labute approximate surface area is 182 Å². The Morgan fingerprint density at radius 3 is 2.52 bits per heavy atom. The summed E-state index contributed by atoms with van der Waals surface area (Å²) >= 11 is 0. The molecule has 1 saturated heterocycles. The van der Waals surface area contributed by atoms with Crippen molar-refractivity contribution in [2.45, 2.75) is 51.7 Å². The van der Waals surface area contributed by atoms with E-state index in [-0.39, 0.29) is 17.5 Å². The first-order valence-corrected chi connectivity index (χ1v) is 10.3. The minimum atomic E-state index is -0.649. The minimum Gasteiger partial charge on any atom is -0.506 e. The fourth-order valence-electron chi connectivity index (χ4n) is 3.60. The normalized spacial score (nSPS) is 16.5. The van der Waals surface area contributed by atoms with Gasteiger partial charge in [-0.15, -0.1) is 0 Å². The number of amides is 2. The SMILES string of the molecule is COC(=O)N(c1ccccc1)c1cnc(C2CCCCN2C(=O)OC(C)(C)C)cc1O. The molecule has 0 radical (unpaired) electrons. The maximum absolute atomic E-state index is 12.7. The number of likely N-dealkylation sites (tertiary alicyclic amines) is 1. The van der Waals surface area contributed by atoms with Crippen LogP contribution in [0.4, 0.5) is 21.0 Å². The molecule has 2 amide bonds. The molecule has 0 aliphatic carbocycles. The summed E-state index contributed by atoms with van der Waals surface area (Å²) in [5.41, 5.74) is 0.674. The summed E-state index contributed by atoms with van der Waals surface area (Å²) in [6, 6.07) is 10.0. The molecule has 1 aromatic heterocycles. The van der Waals surface area contributed by atoms with Gasteiger partial charge in [-0.2, -0.15) is 0 Å². The molecule has 3 rings (SSSR count). The molecule has 1 atom stereocenters. The van der Waals surface area contributed by atoms with Crippen LogP contribution in [0.15, 0.2) is 42.6 Å². The molecule has 31 heavy (non-hydrogen) atoms. The second-order valence-electron chi connectivity index (χ2n) is 8.42. The van der Waals surface area contributed by atoms with E-state index in [0.717, 1.165) is 12.8 Å². The molecule has 166 valence electrons. The second-order valence-corrected chi connectivity index (χ2v) is 8.42. The number of piperidine rings is 1. The van der Waals surface area contributed by atoms with E-state index >= 15 is 0 Å². The van der Waals surface area contributed by atoms with Crippen molar-refractivity contribution < 1.29 is 24.2 Å². The largest absolute Gasteiger partial charge is 0.506 e. The van der Waals surface area contributed by atoms with Gasteiger partial charge in [0, 0.05) is 12.6 Å². The Hall–Kier alpha value is -3.29. The summed E-state index contributed by atoms with van der Waals surface area (Å²) in [5.74, 6) is -0.131. The van der Waals surface area contributed by atoms with Crippen molar-refractivity contribution in [3.05, 3.63) is 48.3 Å². The zero-order valence-corrected chi connectivity index (χ0v) is 18.4. The third-order valence-electron chi connectivity index (χ3n) is 4.97. The van der Waals surface area contributed by atoms with E-state index in [1.807, 2.05) is 26.8 Å². The number of pyridine rings is 1. The third-order valence-corrected chi connectivity index (χ3v) is 4.97. The fraction of sp³-hybridized carbons (Fsp3) is 0.435. The molecular formula is C23H29N3O5. The van der Waals surface area contributed by atoms with Crippen molar-refractivity contribution in [3.63, 3.8) is 0 Å². The van der Waals surface area contributed by atoms with Gasteiger partial charge in [0.1, 0.15) is 17.0 Å². The van der Waals surface area contributed by atoms with Crippen molar-refractivity contribution in [2.75, 3.05) is 18.6 Å². The van der Waals surface area contributed by atoms with Crippen LogP contribution in [0.25, 0.3) is 0 Å². The van der Waals surface area contributed by atoms with Gasteiger partial charge in [0.05, 0.1) is 30.7 Å². The van der Waals surface area contributed by atoms with E-state index in [4.69, 9.17) is 9.47 Å². The van der Waals surface area contributed by atoms with Crippen molar-refractivity contribution in [2.24, 2.45) is 0 Å². The highest BCUT2D eigenvalue weighted by atomic mass is 16.6. The summed E-state index contributed by atoms with van der Waals surface area (Å²) < 4.78 is 10.4. The molecule has 8 heteroatoms. The maximum Gasteiger partial charge on any atom is 0.418 e. The lowest BCUT2D eigenvalue weighted by molar-refractivity contribution is 0.00897. The quantitative estimate of drug-likeness (QED) is 0.728. The van der Waals surface area contributed by atoms with Gasteiger partial charge in [0.2, 0.25) is 0 Å². The van der Waals surface area contributed by atoms with Crippen LogP contribution in [0, 0.1) is 0 Å². The molecule has 1 aliphatic rings. The Bertz CT molecular complexity index is 927. The summed E-state index contributed by atoms with van der Waals surface area (Å²) in [5, 5.41) is 10.8. The summed E-state index contributed by atoms with van der Waals surface area (Å²) in [4.78, 5) is 32.5. The number of ether oxygens (including phenoxy) is 2. The first kappa shape index (κ1) is 22.4. The first-order valence-electron chi connectivity index (χ1n) is 10.3. The highest BCUT2D eigenvalue weighted by Gasteiger charge is 2.33. The van der Waals surface area contributed by atoms with Crippen LogP contribution < -0.4 is 4.90 Å². The number of methoxy groups -OCH3 is 1. The van der Waals surface area contributed by atoms with Gasteiger partial charge < -0.3 is 14.6 Å². The summed E-state index contributed by atoms with van der Waals surface area (Å²) in [7, 11) is 1.28. The van der Waals surface area contributed by atoms with E-state index in [0.29, 0.717) is 24.3 Å². The van der Waals surface area contributed by atoms with E-state index in [9.17, 15) is 14.7 Å². The molecule has 0 bridgehead atoms. The Morgan fingerprint density at radius 1 is 1.19 bits per heavy atom. The zero-order chi connectivity index (χ0) is 22.6. The van der Waals surface area contributed by atoms with Crippen LogP contribution in [-0.4, -0.2) is 46.4 Å². The monoisotopic (exact) mass is 427 g/mol.